The molecule has 1 fully saturated rings. The summed E-state index contributed by atoms with van der Waals surface area (Å²) in [5.41, 5.74) is 3.76. The average molecular weight is 500 g/mol. The zero-order valence-corrected chi connectivity index (χ0v) is 21.2. The zero-order valence-electron chi connectivity index (χ0n) is 21.2. The molecule has 0 saturated heterocycles. The Kier molecular flexibility index (Phi) is 7.63. The van der Waals surface area contributed by atoms with Crippen LogP contribution >= 0.6 is 0 Å². The highest BCUT2D eigenvalue weighted by molar-refractivity contribution is 5.89. The molecule has 1 saturated carbocycles. The Balaban J connectivity index is 1.44. The smallest absolute Gasteiger partial charge is 0.250 e. The molecule has 2 aromatic heterocycles. The lowest BCUT2D eigenvalue weighted by atomic mass is 9.95. The maximum absolute atomic E-state index is 13.9. The average Bonchev–Trinajstić information content (AvgIpc) is 3.58. The number of nitrogens with zero attached hydrogens (tertiary/aromatic N) is 4. The van der Waals surface area contributed by atoms with Gasteiger partial charge in [-0.3, -0.25) is 9.59 Å². The number of aromatic nitrogens is 3. The van der Waals surface area contributed by atoms with Crippen molar-refractivity contribution in [1.82, 2.24) is 25.2 Å². The third-order valence-corrected chi connectivity index (χ3v) is 7.07. The molecule has 8 nitrogen and oxygen atoms in total. The van der Waals surface area contributed by atoms with E-state index in [2.05, 4.69) is 21.7 Å². The number of amides is 2. The Morgan fingerprint density at radius 2 is 1.92 bits per heavy atom. The van der Waals surface area contributed by atoms with Crippen LogP contribution in [-0.4, -0.2) is 44.3 Å². The number of aryl methyl sites for hydroxylation is 1. The van der Waals surface area contributed by atoms with Crippen molar-refractivity contribution in [3.05, 3.63) is 83.8 Å². The molecule has 0 spiro atoms. The molecule has 2 heterocycles. The number of benzene rings is 2. The molecule has 0 bridgehead atoms. The summed E-state index contributed by atoms with van der Waals surface area (Å²) >= 11 is 0. The van der Waals surface area contributed by atoms with Gasteiger partial charge in [0.2, 0.25) is 5.91 Å². The van der Waals surface area contributed by atoms with Crippen LogP contribution in [0, 0.1) is 6.92 Å². The van der Waals surface area contributed by atoms with Gasteiger partial charge in [0.15, 0.2) is 6.04 Å². The summed E-state index contributed by atoms with van der Waals surface area (Å²) in [4.78, 5) is 29.3. The van der Waals surface area contributed by atoms with E-state index in [-0.39, 0.29) is 24.4 Å². The Hall–Kier alpha value is -3.94. The van der Waals surface area contributed by atoms with Crippen LogP contribution in [-0.2, 0) is 22.6 Å². The van der Waals surface area contributed by atoms with Crippen LogP contribution in [0.25, 0.3) is 11.0 Å². The van der Waals surface area contributed by atoms with Crippen molar-refractivity contribution in [2.24, 2.45) is 0 Å². The second-order valence-electron chi connectivity index (χ2n) is 9.82. The Morgan fingerprint density at radius 3 is 2.70 bits per heavy atom. The van der Waals surface area contributed by atoms with E-state index in [1.807, 2.05) is 49.4 Å². The molecule has 1 aliphatic carbocycles. The highest BCUT2D eigenvalue weighted by Gasteiger charge is 2.35. The van der Waals surface area contributed by atoms with Crippen molar-refractivity contribution in [2.45, 2.75) is 64.1 Å². The van der Waals surface area contributed by atoms with E-state index in [0.717, 1.165) is 47.8 Å². The van der Waals surface area contributed by atoms with Gasteiger partial charge in [-0.15, -0.1) is 5.10 Å². The molecule has 0 aliphatic heterocycles. The molecule has 8 heteroatoms. The van der Waals surface area contributed by atoms with Crippen LogP contribution < -0.4 is 5.32 Å². The summed E-state index contributed by atoms with van der Waals surface area (Å²) in [5, 5.41) is 11.6. The van der Waals surface area contributed by atoms with Gasteiger partial charge in [-0.05, 0) is 56.0 Å². The number of furan rings is 1. The molecule has 0 radical (unpaired) electrons. The highest BCUT2D eigenvalue weighted by Crippen LogP contribution is 2.26. The number of carbonyl (C=O) groups excluding carboxylic acids is 2. The monoisotopic (exact) mass is 499 g/mol. The first-order chi connectivity index (χ1) is 18.1. The van der Waals surface area contributed by atoms with Gasteiger partial charge >= 0.3 is 0 Å². The highest BCUT2D eigenvalue weighted by atomic mass is 16.3. The Labute approximate surface area is 216 Å². The summed E-state index contributed by atoms with van der Waals surface area (Å²) in [7, 11) is 0. The van der Waals surface area contributed by atoms with Gasteiger partial charge in [0, 0.05) is 12.6 Å². The van der Waals surface area contributed by atoms with Gasteiger partial charge in [-0.1, -0.05) is 66.4 Å². The van der Waals surface area contributed by atoms with Crippen LogP contribution in [0.5, 0.6) is 0 Å². The maximum atomic E-state index is 13.9. The van der Waals surface area contributed by atoms with Gasteiger partial charge in [0.25, 0.3) is 5.91 Å². The third-order valence-electron chi connectivity index (χ3n) is 7.07. The van der Waals surface area contributed by atoms with Gasteiger partial charge in [-0.2, -0.15) is 0 Å². The molecule has 1 atom stereocenters. The molecular weight excluding hydrogens is 466 g/mol. The van der Waals surface area contributed by atoms with E-state index < -0.39 is 6.04 Å². The molecular formula is C29H33N5O3. The fourth-order valence-corrected chi connectivity index (χ4v) is 5.17. The van der Waals surface area contributed by atoms with Crippen LogP contribution in [0.3, 0.4) is 0 Å². The molecule has 1 aliphatic rings. The van der Waals surface area contributed by atoms with Crippen LogP contribution in [0.4, 0.5) is 0 Å². The number of nitrogens with one attached hydrogen (secondary N) is 1. The van der Waals surface area contributed by atoms with Crippen molar-refractivity contribution in [3.8, 4) is 0 Å². The van der Waals surface area contributed by atoms with Crippen LogP contribution in [0.15, 0.2) is 71.3 Å². The van der Waals surface area contributed by atoms with E-state index in [4.69, 9.17) is 4.42 Å². The molecule has 4 aromatic rings. The summed E-state index contributed by atoms with van der Waals surface area (Å²) in [6, 6.07) is 18.5. The zero-order chi connectivity index (χ0) is 25.6. The lowest BCUT2D eigenvalue weighted by Crippen LogP contribution is -2.48. The first kappa shape index (κ1) is 24.7. The Morgan fingerprint density at radius 1 is 1.08 bits per heavy atom. The standard InChI is InChI=1S/C29H33N5O3/c1-21-9-7-10-22(19-21)16-17-33(27(35)20-34-25-14-6-5-13-24(25)31-32-34)28(26-15-8-18-37-26)29(36)30-23-11-3-2-4-12-23/h5-10,13-15,18-19,23,28H,2-4,11-12,16-17,20H2,1H3,(H,30,36). The molecule has 37 heavy (non-hydrogen) atoms. The van der Waals surface area contributed by atoms with Crippen molar-refractivity contribution >= 4 is 22.8 Å². The number of hydrogen-bond acceptors (Lipinski definition) is 5. The number of para-hydroxylation sites is 1. The second-order valence-corrected chi connectivity index (χ2v) is 9.82. The van der Waals surface area contributed by atoms with Gasteiger partial charge in [-0.25, -0.2) is 4.68 Å². The largest absolute Gasteiger partial charge is 0.467 e. The SMILES string of the molecule is Cc1cccc(CCN(C(=O)Cn2nnc3ccccc32)C(C(=O)NC2CCCCC2)c2ccco2)c1. The minimum Gasteiger partial charge on any atom is -0.467 e. The molecule has 192 valence electrons. The minimum absolute atomic E-state index is 0.0255. The van der Waals surface area contributed by atoms with Crippen molar-refractivity contribution in [2.75, 3.05) is 6.54 Å². The molecule has 2 aromatic carbocycles. The van der Waals surface area contributed by atoms with E-state index in [0.29, 0.717) is 18.7 Å². The quantitative estimate of drug-likeness (QED) is 0.363. The van der Waals surface area contributed by atoms with Crippen LogP contribution in [0.2, 0.25) is 0 Å². The first-order valence-electron chi connectivity index (χ1n) is 13.1. The fourth-order valence-electron chi connectivity index (χ4n) is 5.17. The second kappa shape index (κ2) is 11.4. The van der Waals surface area contributed by atoms with Crippen LogP contribution in [0.1, 0.15) is 55.0 Å². The maximum Gasteiger partial charge on any atom is 0.250 e. The molecule has 5 rings (SSSR count). The predicted octanol–water partition coefficient (Wildman–Crippen LogP) is 4.59. The summed E-state index contributed by atoms with van der Waals surface area (Å²) < 4.78 is 7.32. The minimum atomic E-state index is -0.871. The van der Waals surface area contributed by atoms with Crippen molar-refractivity contribution in [3.63, 3.8) is 0 Å². The van der Waals surface area contributed by atoms with E-state index >= 15 is 0 Å². The molecule has 2 amide bonds. The lowest BCUT2D eigenvalue weighted by Gasteiger charge is -2.32. The van der Waals surface area contributed by atoms with Gasteiger partial charge < -0.3 is 14.6 Å². The summed E-state index contributed by atoms with van der Waals surface area (Å²) in [6.45, 7) is 2.38. The normalized spacial score (nSPS) is 14.9. The topological polar surface area (TPSA) is 93.3 Å². The first-order valence-corrected chi connectivity index (χ1v) is 13.1. The lowest BCUT2D eigenvalue weighted by molar-refractivity contribution is -0.142. The summed E-state index contributed by atoms with van der Waals surface area (Å²) in [5.74, 6) is 0.0285. The third kappa shape index (κ3) is 5.90. The van der Waals surface area contributed by atoms with Crippen molar-refractivity contribution < 1.29 is 14.0 Å². The number of carbonyl (C=O) groups is 2. The van der Waals surface area contributed by atoms with E-state index in [9.17, 15) is 9.59 Å². The van der Waals surface area contributed by atoms with Gasteiger partial charge in [0.1, 0.15) is 17.8 Å². The predicted molar refractivity (Wildman–Crippen MR) is 141 cm³/mol. The number of hydrogen-bond donors (Lipinski definition) is 1. The van der Waals surface area contributed by atoms with E-state index in [1.54, 1.807) is 28.0 Å². The van der Waals surface area contributed by atoms with Gasteiger partial charge in [0.05, 0.1) is 11.8 Å². The summed E-state index contributed by atoms with van der Waals surface area (Å²) in [6.07, 6.45) is 7.47. The number of rotatable bonds is 9. The van der Waals surface area contributed by atoms with Crippen molar-refractivity contribution in [1.29, 1.82) is 0 Å². The molecule has 1 unspecified atom stereocenters. The fraction of sp³-hybridized carbons (Fsp3) is 0.379. The number of fused-ring (bicyclic) bond motifs is 1. The molecule has 1 N–H and O–H groups in total. The Bertz CT molecular complexity index is 1340. The van der Waals surface area contributed by atoms with E-state index in [1.165, 1.54) is 6.42 Å².